The van der Waals surface area contributed by atoms with Gasteiger partial charge in [-0.05, 0) is 35.3 Å². The summed E-state index contributed by atoms with van der Waals surface area (Å²) in [4.78, 5) is 0. The Balaban J connectivity index is 2.08. The van der Waals surface area contributed by atoms with Crippen LogP contribution in [0.1, 0.15) is 105 Å². The van der Waals surface area contributed by atoms with E-state index in [9.17, 15) is 0 Å². The number of rotatable bonds is 13. The normalized spacial score (nSPS) is 12.4. The highest BCUT2D eigenvalue weighted by Crippen LogP contribution is 2.46. The van der Waals surface area contributed by atoms with Crippen molar-refractivity contribution >= 4 is 8.60 Å². The summed E-state index contributed by atoms with van der Waals surface area (Å²) in [6.07, 6.45) is 7.41. The zero-order valence-corrected chi connectivity index (χ0v) is 23.7. The minimum Gasteiger partial charge on any atom is -0.417 e. The van der Waals surface area contributed by atoms with Crippen LogP contribution >= 0.6 is 8.60 Å². The number of para-hydroxylation sites is 2. The van der Waals surface area contributed by atoms with E-state index in [2.05, 4.69) is 79.7 Å². The molecule has 0 heterocycles. The molecule has 0 aliphatic rings. The number of benzene rings is 2. The van der Waals surface area contributed by atoms with Crippen molar-refractivity contribution in [2.75, 3.05) is 6.61 Å². The summed E-state index contributed by atoms with van der Waals surface area (Å²) < 4.78 is 19.1. The molecule has 0 saturated heterocycles. The minimum atomic E-state index is -1.58. The van der Waals surface area contributed by atoms with Gasteiger partial charge in [0.05, 0.1) is 6.61 Å². The first-order valence-corrected chi connectivity index (χ1v) is 14.1. The molecule has 2 aromatic carbocycles. The average molecular weight is 487 g/mol. The quantitative estimate of drug-likeness (QED) is 0.208. The molecular weight excluding hydrogens is 439 g/mol. The lowest BCUT2D eigenvalue weighted by atomic mass is 9.86. The Labute approximate surface area is 210 Å². The van der Waals surface area contributed by atoms with Crippen molar-refractivity contribution in [3.63, 3.8) is 0 Å². The van der Waals surface area contributed by atoms with E-state index in [-0.39, 0.29) is 10.8 Å². The molecule has 0 bridgehead atoms. The van der Waals surface area contributed by atoms with E-state index >= 15 is 0 Å². The Morgan fingerprint density at radius 3 is 1.56 bits per heavy atom. The largest absolute Gasteiger partial charge is 0.463 e. The van der Waals surface area contributed by atoms with Crippen molar-refractivity contribution < 1.29 is 13.6 Å². The van der Waals surface area contributed by atoms with Gasteiger partial charge in [0.2, 0.25) is 0 Å². The molecule has 0 saturated carbocycles. The first-order chi connectivity index (χ1) is 16.0. The zero-order chi connectivity index (χ0) is 25.2. The van der Waals surface area contributed by atoms with E-state index in [1.165, 1.54) is 32.1 Å². The predicted molar refractivity (Wildman–Crippen MR) is 147 cm³/mol. The molecule has 4 heteroatoms. The van der Waals surface area contributed by atoms with Gasteiger partial charge < -0.3 is 9.05 Å². The molecule has 0 amide bonds. The maximum atomic E-state index is 6.44. The van der Waals surface area contributed by atoms with E-state index in [1.54, 1.807) is 0 Å². The molecule has 0 spiro atoms. The van der Waals surface area contributed by atoms with Gasteiger partial charge >= 0.3 is 8.60 Å². The van der Waals surface area contributed by atoms with Crippen LogP contribution in [0, 0.1) is 5.92 Å². The fourth-order valence-electron chi connectivity index (χ4n) is 3.89. The second-order valence-corrected chi connectivity index (χ2v) is 12.8. The van der Waals surface area contributed by atoms with Crippen LogP contribution in [0.25, 0.3) is 0 Å². The van der Waals surface area contributed by atoms with Gasteiger partial charge in [0, 0.05) is 11.1 Å². The summed E-state index contributed by atoms with van der Waals surface area (Å²) in [5, 5.41) is 0. The van der Waals surface area contributed by atoms with E-state index in [1.807, 2.05) is 24.3 Å². The molecule has 0 aliphatic heterocycles. The molecule has 0 unspecified atom stereocenters. The van der Waals surface area contributed by atoms with Crippen molar-refractivity contribution in [3.8, 4) is 11.5 Å². The summed E-state index contributed by atoms with van der Waals surface area (Å²) >= 11 is 0. The highest BCUT2D eigenvalue weighted by atomic mass is 31.2. The summed E-state index contributed by atoms with van der Waals surface area (Å²) in [6, 6.07) is 16.4. The SMILES string of the molecule is CC(C)CCCCCCCOP(Oc1ccccc1C(C)(C)C)Oc1ccccc1C(C)(C)C. The predicted octanol–water partition coefficient (Wildman–Crippen LogP) is 9.98. The highest BCUT2D eigenvalue weighted by Gasteiger charge is 2.26. The molecule has 2 aromatic rings. The van der Waals surface area contributed by atoms with Gasteiger partial charge in [-0.25, -0.2) is 0 Å². The lowest BCUT2D eigenvalue weighted by Gasteiger charge is -2.27. The van der Waals surface area contributed by atoms with Crippen LogP contribution in [0.4, 0.5) is 0 Å². The number of hydrogen-bond acceptors (Lipinski definition) is 3. The van der Waals surface area contributed by atoms with Crippen LogP contribution in [0.3, 0.4) is 0 Å². The third-order valence-electron chi connectivity index (χ3n) is 5.86. The molecular formula is C30H47O3P. The standard InChI is InChI=1S/C30H47O3P/c1-24(2)18-12-10-9-11-17-23-31-34(32-27-21-15-13-19-25(27)29(3,4)5)33-28-22-16-14-20-26(28)30(6,7)8/h13-16,19-22,24H,9-12,17-18,23H2,1-8H3. The lowest BCUT2D eigenvalue weighted by molar-refractivity contribution is 0.255. The summed E-state index contributed by atoms with van der Waals surface area (Å²) in [5.74, 6) is 2.47. The Hall–Kier alpha value is -1.57. The number of unbranched alkanes of at least 4 members (excludes halogenated alkanes) is 4. The van der Waals surface area contributed by atoms with Crippen molar-refractivity contribution in [1.82, 2.24) is 0 Å². The van der Waals surface area contributed by atoms with E-state index in [0.29, 0.717) is 6.61 Å². The fraction of sp³-hybridized carbons (Fsp3) is 0.600. The molecule has 0 N–H and O–H groups in total. The monoisotopic (exact) mass is 486 g/mol. The molecule has 2 rings (SSSR count). The van der Waals surface area contributed by atoms with Gasteiger partial charge in [0.1, 0.15) is 11.5 Å². The fourth-order valence-corrected chi connectivity index (χ4v) is 4.95. The maximum Gasteiger partial charge on any atom is 0.463 e. The topological polar surface area (TPSA) is 27.7 Å². The second kappa shape index (κ2) is 13.5. The maximum absolute atomic E-state index is 6.44. The summed E-state index contributed by atoms with van der Waals surface area (Å²) in [7, 11) is -1.58. The molecule has 0 fully saturated rings. The zero-order valence-electron chi connectivity index (χ0n) is 22.8. The van der Waals surface area contributed by atoms with E-state index < -0.39 is 8.60 Å². The van der Waals surface area contributed by atoms with Crippen molar-refractivity contribution in [1.29, 1.82) is 0 Å². The third-order valence-corrected chi connectivity index (χ3v) is 6.94. The first kappa shape index (κ1) is 28.7. The molecule has 3 nitrogen and oxygen atoms in total. The van der Waals surface area contributed by atoms with Crippen LogP contribution in [0.2, 0.25) is 0 Å². The van der Waals surface area contributed by atoms with Gasteiger partial charge in [-0.15, -0.1) is 0 Å². The minimum absolute atomic E-state index is 0.0309. The van der Waals surface area contributed by atoms with E-state index in [0.717, 1.165) is 35.0 Å². The first-order valence-electron chi connectivity index (χ1n) is 13.0. The van der Waals surface area contributed by atoms with Gasteiger partial charge in [-0.3, -0.25) is 4.52 Å². The van der Waals surface area contributed by atoms with Crippen LogP contribution in [0.5, 0.6) is 11.5 Å². The van der Waals surface area contributed by atoms with Crippen molar-refractivity contribution in [2.24, 2.45) is 5.92 Å². The summed E-state index contributed by atoms with van der Waals surface area (Å²) in [6.45, 7) is 18.4. The van der Waals surface area contributed by atoms with E-state index in [4.69, 9.17) is 13.6 Å². The molecule has 0 aromatic heterocycles. The van der Waals surface area contributed by atoms with Crippen LogP contribution in [0.15, 0.2) is 48.5 Å². The van der Waals surface area contributed by atoms with Crippen LogP contribution in [-0.4, -0.2) is 6.61 Å². The molecule has 0 radical (unpaired) electrons. The van der Waals surface area contributed by atoms with Crippen molar-refractivity contribution in [3.05, 3.63) is 59.7 Å². The van der Waals surface area contributed by atoms with Crippen LogP contribution in [-0.2, 0) is 15.4 Å². The van der Waals surface area contributed by atoms with Gasteiger partial charge in [0.25, 0.3) is 0 Å². The van der Waals surface area contributed by atoms with Gasteiger partial charge in [0.15, 0.2) is 0 Å². The average Bonchev–Trinajstić information content (AvgIpc) is 2.74. The lowest BCUT2D eigenvalue weighted by Crippen LogP contribution is -2.15. The number of hydrogen-bond donors (Lipinski definition) is 0. The highest BCUT2D eigenvalue weighted by molar-refractivity contribution is 7.42. The Morgan fingerprint density at radius 2 is 1.09 bits per heavy atom. The Bertz CT molecular complexity index is 789. The van der Waals surface area contributed by atoms with Crippen molar-refractivity contribution in [2.45, 2.75) is 105 Å². The smallest absolute Gasteiger partial charge is 0.417 e. The molecule has 34 heavy (non-hydrogen) atoms. The van der Waals surface area contributed by atoms with Gasteiger partial charge in [-0.2, -0.15) is 0 Å². The third kappa shape index (κ3) is 9.96. The molecule has 190 valence electrons. The molecule has 0 aliphatic carbocycles. The molecule has 0 atom stereocenters. The Morgan fingerprint density at radius 1 is 0.647 bits per heavy atom. The summed E-state index contributed by atoms with van der Waals surface area (Å²) in [5.41, 5.74) is 2.25. The second-order valence-electron chi connectivity index (χ2n) is 11.7. The van der Waals surface area contributed by atoms with Crippen LogP contribution < -0.4 is 9.05 Å². The Kier molecular flexibility index (Phi) is 11.4. The van der Waals surface area contributed by atoms with Gasteiger partial charge in [-0.1, -0.05) is 124 Å².